The largest absolute Gasteiger partial charge is 0.416 e. The molecule has 1 amide bonds. The van der Waals surface area contributed by atoms with Crippen molar-refractivity contribution in [3.8, 4) is 6.08 Å². The number of nitrogens with zero attached hydrogens (tertiary/aromatic N) is 1. The lowest BCUT2D eigenvalue weighted by Gasteiger charge is -2.16. The number of alkyl halides is 3. The maximum atomic E-state index is 13.8. The maximum Gasteiger partial charge on any atom is 0.399 e. The monoisotopic (exact) mass is 458 g/mol. The van der Waals surface area contributed by atoms with Gasteiger partial charge in [-0.15, -0.1) is 0 Å². The van der Waals surface area contributed by atoms with Gasteiger partial charge in [-0.1, -0.05) is 19.1 Å². The predicted octanol–water partition coefficient (Wildman–Crippen LogP) is 6.18. The number of benzene rings is 1. The average molecular weight is 458 g/mol. The van der Waals surface area contributed by atoms with Crippen molar-refractivity contribution in [3.05, 3.63) is 70.8 Å². The third kappa shape index (κ3) is 6.66. The summed E-state index contributed by atoms with van der Waals surface area (Å²) in [7, 11) is 0. The van der Waals surface area contributed by atoms with Crippen molar-refractivity contribution in [2.24, 2.45) is 5.92 Å². The Labute approximate surface area is 182 Å². The highest BCUT2D eigenvalue weighted by atomic mass is 19.4. The second-order valence-electron chi connectivity index (χ2n) is 7.51. The SMILES string of the molecule is C=C(C)C=C(CC(C)C(F)(F)F)Oc1nc(C(=O)NC(C)c2cc(F)c(C)c(F)c2)co1. The van der Waals surface area contributed by atoms with E-state index in [2.05, 4.69) is 16.9 Å². The summed E-state index contributed by atoms with van der Waals surface area (Å²) in [5, 5.41) is 2.51. The summed E-state index contributed by atoms with van der Waals surface area (Å²) in [6.07, 6.45) is -3.07. The molecule has 0 radical (unpaired) electrons. The Hall–Kier alpha value is -3.17. The smallest absolute Gasteiger partial charge is 0.399 e. The third-order valence-electron chi connectivity index (χ3n) is 4.56. The number of hydrogen-bond acceptors (Lipinski definition) is 4. The highest BCUT2D eigenvalue weighted by Gasteiger charge is 2.36. The molecule has 1 aromatic carbocycles. The number of rotatable bonds is 8. The number of halogens is 5. The van der Waals surface area contributed by atoms with Crippen LogP contribution < -0.4 is 10.1 Å². The molecule has 1 N–H and O–H groups in total. The van der Waals surface area contributed by atoms with Gasteiger partial charge in [-0.25, -0.2) is 8.78 Å². The molecule has 0 spiro atoms. The first-order valence-electron chi connectivity index (χ1n) is 9.60. The van der Waals surface area contributed by atoms with E-state index < -0.39 is 48.2 Å². The van der Waals surface area contributed by atoms with E-state index in [1.54, 1.807) is 6.92 Å². The van der Waals surface area contributed by atoms with Crippen LogP contribution in [0.5, 0.6) is 6.08 Å². The number of allylic oxidation sites excluding steroid dienone is 3. The molecule has 2 atom stereocenters. The Bertz CT molecular complexity index is 1000. The quantitative estimate of drug-likeness (QED) is 0.292. The summed E-state index contributed by atoms with van der Waals surface area (Å²) in [5.74, 6) is -4.00. The first-order chi connectivity index (χ1) is 14.8. The minimum absolute atomic E-state index is 0.0879. The van der Waals surface area contributed by atoms with Crippen LogP contribution in [0.1, 0.15) is 54.8 Å². The Kier molecular flexibility index (Phi) is 7.82. The molecular formula is C22H23F5N2O3. The molecule has 2 unspecified atom stereocenters. The van der Waals surface area contributed by atoms with Crippen LogP contribution in [0.3, 0.4) is 0 Å². The van der Waals surface area contributed by atoms with E-state index in [-0.39, 0.29) is 22.6 Å². The molecule has 0 saturated carbocycles. The third-order valence-corrected chi connectivity index (χ3v) is 4.56. The Morgan fingerprint density at radius 2 is 1.88 bits per heavy atom. The number of nitrogens with one attached hydrogen (secondary N) is 1. The lowest BCUT2D eigenvalue weighted by Crippen LogP contribution is -2.27. The number of hydrogen-bond donors (Lipinski definition) is 1. The summed E-state index contributed by atoms with van der Waals surface area (Å²) in [5.41, 5.74) is 0.291. The van der Waals surface area contributed by atoms with Gasteiger partial charge < -0.3 is 14.5 Å². The van der Waals surface area contributed by atoms with Gasteiger partial charge in [-0.2, -0.15) is 18.2 Å². The number of oxazole rings is 1. The fourth-order valence-corrected chi connectivity index (χ4v) is 2.61. The second-order valence-corrected chi connectivity index (χ2v) is 7.51. The van der Waals surface area contributed by atoms with Crippen LogP contribution in [0.2, 0.25) is 0 Å². The van der Waals surface area contributed by atoms with Crippen LogP contribution in [-0.2, 0) is 0 Å². The summed E-state index contributed by atoms with van der Waals surface area (Å²) >= 11 is 0. The molecule has 2 aromatic rings. The molecule has 0 aliphatic rings. The number of carbonyl (C=O) groups excluding carboxylic acids is 1. The Morgan fingerprint density at radius 1 is 1.28 bits per heavy atom. The predicted molar refractivity (Wildman–Crippen MR) is 107 cm³/mol. The zero-order valence-electron chi connectivity index (χ0n) is 17.9. The van der Waals surface area contributed by atoms with E-state index in [0.717, 1.165) is 25.3 Å². The zero-order chi connectivity index (χ0) is 24.2. The highest BCUT2D eigenvalue weighted by molar-refractivity contribution is 5.92. The first-order valence-corrected chi connectivity index (χ1v) is 9.60. The molecule has 2 rings (SSSR count). The zero-order valence-corrected chi connectivity index (χ0v) is 17.9. The van der Waals surface area contributed by atoms with Gasteiger partial charge in [0.1, 0.15) is 23.7 Å². The summed E-state index contributed by atoms with van der Waals surface area (Å²) < 4.78 is 76.5. The number of aromatic nitrogens is 1. The molecule has 0 fully saturated rings. The maximum absolute atomic E-state index is 13.8. The Balaban J connectivity index is 2.11. The molecule has 10 heteroatoms. The minimum Gasteiger partial charge on any atom is -0.416 e. The van der Waals surface area contributed by atoms with Crippen molar-refractivity contribution < 1.29 is 35.9 Å². The van der Waals surface area contributed by atoms with E-state index in [0.29, 0.717) is 5.57 Å². The topological polar surface area (TPSA) is 64.4 Å². The summed E-state index contributed by atoms with van der Waals surface area (Å²) in [6, 6.07) is 1.45. The van der Waals surface area contributed by atoms with Crippen LogP contribution in [-0.4, -0.2) is 17.1 Å². The van der Waals surface area contributed by atoms with Gasteiger partial charge in [0.05, 0.1) is 12.0 Å². The molecule has 32 heavy (non-hydrogen) atoms. The molecule has 1 aromatic heterocycles. The van der Waals surface area contributed by atoms with Crippen LogP contribution in [0.25, 0.3) is 0 Å². The summed E-state index contributed by atoms with van der Waals surface area (Å²) in [6.45, 7) is 9.00. The number of amides is 1. The van der Waals surface area contributed by atoms with E-state index >= 15 is 0 Å². The molecule has 1 heterocycles. The molecule has 174 valence electrons. The van der Waals surface area contributed by atoms with Crippen molar-refractivity contribution in [1.82, 2.24) is 10.3 Å². The highest BCUT2D eigenvalue weighted by Crippen LogP contribution is 2.31. The van der Waals surface area contributed by atoms with Gasteiger partial charge in [-0.3, -0.25) is 4.79 Å². The standard InChI is InChI=1S/C22H23F5N2O3/c1-11(2)6-16(7-12(3)22(25,26)27)32-21-29-19(10-31-21)20(30)28-14(5)15-8-17(23)13(4)18(24)9-15/h6,8-10,12,14H,1,7H2,2-5H3,(H,28,30). The van der Waals surface area contributed by atoms with E-state index in [4.69, 9.17) is 9.15 Å². The summed E-state index contributed by atoms with van der Waals surface area (Å²) in [4.78, 5) is 16.2. The molecule has 5 nitrogen and oxygen atoms in total. The lowest BCUT2D eigenvalue weighted by molar-refractivity contribution is -0.170. The van der Waals surface area contributed by atoms with Crippen LogP contribution in [0.15, 0.2) is 46.8 Å². The molecule has 0 saturated heterocycles. The molecule has 0 aliphatic heterocycles. The number of ether oxygens (including phenoxy) is 1. The second kappa shape index (κ2) is 9.97. The van der Waals surface area contributed by atoms with Crippen LogP contribution in [0, 0.1) is 24.5 Å². The molecule has 0 bridgehead atoms. The van der Waals surface area contributed by atoms with E-state index in [1.807, 2.05) is 0 Å². The van der Waals surface area contributed by atoms with Gasteiger partial charge in [-0.05, 0) is 44.5 Å². The molecule has 0 aliphatic carbocycles. The van der Waals surface area contributed by atoms with Crippen LogP contribution >= 0.6 is 0 Å². The van der Waals surface area contributed by atoms with Crippen molar-refractivity contribution in [1.29, 1.82) is 0 Å². The van der Waals surface area contributed by atoms with Gasteiger partial charge in [0.25, 0.3) is 5.91 Å². The fourth-order valence-electron chi connectivity index (χ4n) is 2.61. The minimum atomic E-state index is -4.43. The van der Waals surface area contributed by atoms with Gasteiger partial charge in [0.2, 0.25) is 0 Å². The average Bonchev–Trinajstić information content (AvgIpc) is 3.12. The van der Waals surface area contributed by atoms with Crippen LogP contribution in [0.4, 0.5) is 22.0 Å². The van der Waals surface area contributed by atoms with Gasteiger partial charge in [0.15, 0.2) is 5.69 Å². The van der Waals surface area contributed by atoms with Gasteiger partial charge in [0, 0.05) is 12.0 Å². The first kappa shape index (κ1) is 25.1. The van der Waals surface area contributed by atoms with Crippen molar-refractivity contribution in [3.63, 3.8) is 0 Å². The fraction of sp³-hybridized carbons (Fsp3) is 0.364. The van der Waals surface area contributed by atoms with Crippen molar-refractivity contribution >= 4 is 5.91 Å². The van der Waals surface area contributed by atoms with Crippen molar-refractivity contribution in [2.75, 3.05) is 0 Å². The van der Waals surface area contributed by atoms with Crippen molar-refractivity contribution in [2.45, 2.75) is 46.3 Å². The number of carbonyl (C=O) groups is 1. The normalized spacial score (nSPS) is 14.1. The van der Waals surface area contributed by atoms with Gasteiger partial charge >= 0.3 is 12.3 Å². The Morgan fingerprint density at radius 3 is 2.41 bits per heavy atom. The van der Waals surface area contributed by atoms with E-state index in [1.165, 1.54) is 19.9 Å². The van der Waals surface area contributed by atoms with E-state index in [9.17, 15) is 26.7 Å². The lowest BCUT2D eigenvalue weighted by atomic mass is 10.1. The molecular weight excluding hydrogens is 435 g/mol.